The summed E-state index contributed by atoms with van der Waals surface area (Å²) in [5, 5.41) is 3.26. The zero-order valence-electron chi connectivity index (χ0n) is 12.3. The molecule has 0 amide bonds. The molecule has 0 saturated carbocycles. The number of rotatable bonds is 9. The number of nitrogens with one attached hydrogen (secondary N) is 1. The molecule has 0 bridgehead atoms. The van der Waals surface area contributed by atoms with Gasteiger partial charge in [-0.05, 0) is 31.7 Å². The molecule has 0 heterocycles. The lowest BCUT2D eigenvalue weighted by atomic mass is 10.1. The molecule has 0 radical (unpaired) electrons. The molecule has 0 aliphatic heterocycles. The fourth-order valence-electron chi connectivity index (χ4n) is 1.72. The average Bonchev–Trinajstić information content (AvgIpc) is 2.39. The summed E-state index contributed by atoms with van der Waals surface area (Å²) in [4.78, 5) is 0. The van der Waals surface area contributed by atoms with Crippen molar-refractivity contribution in [3.8, 4) is 5.75 Å². The lowest BCUT2D eigenvalue weighted by Crippen LogP contribution is -2.19. The Morgan fingerprint density at radius 1 is 1.30 bits per heavy atom. The Hall–Kier alpha value is -0.720. The van der Waals surface area contributed by atoms with Crippen LogP contribution >= 0.6 is 11.8 Å². The zero-order chi connectivity index (χ0) is 15.0. The minimum absolute atomic E-state index is 0.218. The van der Waals surface area contributed by atoms with Gasteiger partial charge in [0.05, 0.1) is 12.4 Å². The van der Waals surface area contributed by atoms with Crippen molar-refractivity contribution in [1.29, 1.82) is 0 Å². The van der Waals surface area contributed by atoms with Crippen molar-refractivity contribution in [1.82, 2.24) is 5.32 Å². The number of sulfone groups is 1. The molecule has 0 aliphatic carbocycles. The van der Waals surface area contributed by atoms with Crippen LogP contribution in [0.3, 0.4) is 0 Å². The van der Waals surface area contributed by atoms with Gasteiger partial charge in [-0.3, -0.25) is 0 Å². The van der Waals surface area contributed by atoms with E-state index >= 15 is 0 Å². The Kier molecular flexibility index (Phi) is 7.40. The van der Waals surface area contributed by atoms with Crippen molar-refractivity contribution in [2.75, 3.05) is 37.2 Å². The fraction of sp³-hybridized carbons (Fsp3) is 0.571. The summed E-state index contributed by atoms with van der Waals surface area (Å²) < 4.78 is 27.6. The first kappa shape index (κ1) is 17.3. The third-order valence-electron chi connectivity index (χ3n) is 2.82. The van der Waals surface area contributed by atoms with Crippen molar-refractivity contribution < 1.29 is 13.2 Å². The second kappa shape index (κ2) is 8.54. The lowest BCUT2D eigenvalue weighted by molar-refractivity contribution is 0.340. The van der Waals surface area contributed by atoms with E-state index < -0.39 is 9.84 Å². The van der Waals surface area contributed by atoms with Gasteiger partial charge in [-0.2, -0.15) is 11.8 Å². The van der Waals surface area contributed by atoms with Gasteiger partial charge >= 0.3 is 0 Å². The van der Waals surface area contributed by atoms with Crippen LogP contribution in [0.4, 0.5) is 0 Å². The predicted molar refractivity (Wildman–Crippen MR) is 86.4 cm³/mol. The summed E-state index contributed by atoms with van der Waals surface area (Å²) in [6.45, 7) is 2.62. The summed E-state index contributed by atoms with van der Waals surface area (Å²) in [6.07, 6.45) is 1.27. The molecule has 1 rings (SSSR count). The van der Waals surface area contributed by atoms with E-state index in [9.17, 15) is 8.42 Å². The Bertz CT molecular complexity index is 486. The van der Waals surface area contributed by atoms with E-state index in [0.29, 0.717) is 12.4 Å². The molecule has 0 fully saturated rings. The second-order valence-corrected chi connectivity index (χ2v) is 7.96. The smallest absolute Gasteiger partial charge is 0.148 e. The molecule has 0 aromatic heterocycles. The topological polar surface area (TPSA) is 55.4 Å². The molecule has 1 N–H and O–H groups in total. The van der Waals surface area contributed by atoms with Gasteiger partial charge in [0.15, 0.2) is 0 Å². The van der Waals surface area contributed by atoms with Crippen LogP contribution in [0.15, 0.2) is 24.3 Å². The third kappa shape index (κ3) is 6.63. The predicted octanol–water partition coefficient (Wildman–Crippen LogP) is 2.12. The average molecular weight is 317 g/mol. The molecule has 0 saturated heterocycles. The van der Waals surface area contributed by atoms with Crippen LogP contribution in [-0.2, 0) is 9.84 Å². The maximum Gasteiger partial charge on any atom is 0.148 e. The van der Waals surface area contributed by atoms with Crippen LogP contribution < -0.4 is 10.1 Å². The first-order valence-electron chi connectivity index (χ1n) is 6.61. The van der Waals surface area contributed by atoms with Crippen molar-refractivity contribution in [2.45, 2.75) is 13.0 Å². The molecule has 6 heteroatoms. The highest BCUT2D eigenvalue weighted by atomic mass is 32.2. The SMILES string of the molecule is CCOc1ccc(C(CSCCS(C)(=O)=O)NC)cc1. The molecule has 1 aromatic carbocycles. The first-order valence-corrected chi connectivity index (χ1v) is 9.83. The van der Waals surface area contributed by atoms with E-state index in [1.165, 1.54) is 11.8 Å². The van der Waals surface area contributed by atoms with Gasteiger partial charge in [0.2, 0.25) is 0 Å². The van der Waals surface area contributed by atoms with Crippen LogP contribution in [0.25, 0.3) is 0 Å². The summed E-state index contributed by atoms with van der Waals surface area (Å²) in [5.74, 6) is 2.58. The van der Waals surface area contributed by atoms with Crippen LogP contribution in [0.2, 0.25) is 0 Å². The van der Waals surface area contributed by atoms with E-state index in [1.807, 2.05) is 38.2 Å². The van der Waals surface area contributed by atoms with Gasteiger partial charge in [-0.25, -0.2) is 8.42 Å². The maximum absolute atomic E-state index is 11.1. The fourth-order valence-corrected chi connectivity index (χ4v) is 4.16. The maximum atomic E-state index is 11.1. The second-order valence-electron chi connectivity index (χ2n) is 4.55. The van der Waals surface area contributed by atoms with E-state index in [0.717, 1.165) is 11.5 Å². The molecule has 20 heavy (non-hydrogen) atoms. The van der Waals surface area contributed by atoms with Gasteiger partial charge in [-0.15, -0.1) is 0 Å². The molecule has 114 valence electrons. The van der Waals surface area contributed by atoms with Crippen molar-refractivity contribution in [2.24, 2.45) is 0 Å². The minimum Gasteiger partial charge on any atom is -0.494 e. The van der Waals surface area contributed by atoms with E-state index in [2.05, 4.69) is 5.32 Å². The summed E-state index contributed by atoms with van der Waals surface area (Å²) in [6, 6.07) is 8.23. The molecule has 1 atom stereocenters. The third-order valence-corrected chi connectivity index (χ3v) is 5.09. The standard InChI is InChI=1S/C14H23NO3S2/c1-4-18-13-7-5-12(6-8-13)14(15-2)11-19-9-10-20(3,16)17/h5-8,14-15H,4,9-11H2,1-3H3. The Morgan fingerprint density at radius 3 is 2.45 bits per heavy atom. The van der Waals surface area contributed by atoms with Gasteiger partial charge in [0.1, 0.15) is 15.6 Å². The minimum atomic E-state index is -2.86. The number of benzene rings is 1. The lowest BCUT2D eigenvalue weighted by Gasteiger charge is -2.16. The van der Waals surface area contributed by atoms with Crippen LogP contribution in [-0.4, -0.2) is 45.6 Å². The number of hydrogen-bond acceptors (Lipinski definition) is 5. The van der Waals surface area contributed by atoms with E-state index in [-0.39, 0.29) is 11.8 Å². The van der Waals surface area contributed by atoms with Gasteiger partial charge in [0, 0.05) is 23.8 Å². The zero-order valence-corrected chi connectivity index (χ0v) is 13.9. The molecular weight excluding hydrogens is 294 g/mol. The molecule has 4 nitrogen and oxygen atoms in total. The van der Waals surface area contributed by atoms with Crippen LogP contribution in [0.5, 0.6) is 5.75 Å². The molecule has 0 spiro atoms. The highest BCUT2D eigenvalue weighted by molar-refractivity contribution is 8.00. The van der Waals surface area contributed by atoms with Gasteiger partial charge in [-0.1, -0.05) is 12.1 Å². The normalized spacial score (nSPS) is 13.2. The van der Waals surface area contributed by atoms with Gasteiger partial charge in [0.25, 0.3) is 0 Å². The number of thioether (sulfide) groups is 1. The van der Waals surface area contributed by atoms with Crippen molar-refractivity contribution >= 4 is 21.6 Å². The summed E-state index contributed by atoms with van der Waals surface area (Å²) in [5.41, 5.74) is 1.18. The Morgan fingerprint density at radius 2 is 1.95 bits per heavy atom. The molecular formula is C14H23NO3S2. The summed E-state index contributed by atoms with van der Waals surface area (Å²) in [7, 11) is -0.948. The largest absolute Gasteiger partial charge is 0.494 e. The first-order chi connectivity index (χ1) is 9.46. The quantitative estimate of drug-likeness (QED) is 0.707. The Balaban J connectivity index is 2.49. The molecule has 0 aliphatic rings. The van der Waals surface area contributed by atoms with Crippen LogP contribution in [0.1, 0.15) is 18.5 Å². The van der Waals surface area contributed by atoms with E-state index in [4.69, 9.17) is 4.74 Å². The summed E-state index contributed by atoms with van der Waals surface area (Å²) >= 11 is 1.65. The number of ether oxygens (including phenoxy) is 1. The molecule has 1 aromatic rings. The van der Waals surface area contributed by atoms with Crippen LogP contribution in [0, 0.1) is 0 Å². The molecule has 1 unspecified atom stereocenters. The number of hydrogen-bond donors (Lipinski definition) is 1. The highest BCUT2D eigenvalue weighted by Crippen LogP contribution is 2.21. The Labute approximate surface area is 126 Å². The monoisotopic (exact) mass is 317 g/mol. The highest BCUT2D eigenvalue weighted by Gasteiger charge is 2.10. The van der Waals surface area contributed by atoms with Crippen molar-refractivity contribution in [3.63, 3.8) is 0 Å². The van der Waals surface area contributed by atoms with Crippen molar-refractivity contribution in [3.05, 3.63) is 29.8 Å². The van der Waals surface area contributed by atoms with Gasteiger partial charge < -0.3 is 10.1 Å². The van der Waals surface area contributed by atoms with E-state index in [1.54, 1.807) is 11.8 Å².